The molecule has 27 heavy (non-hydrogen) atoms. The van der Waals surface area contributed by atoms with Crippen molar-refractivity contribution in [3.05, 3.63) is 59.4 Å². The molecule has 0 aliphatic carbocycles. The molecule has 1 aromatic heterocycles. The molecule has 1 amide bonds. The van der Waals surface area contributed by atoms with Gasteiger partial charge in [0.1, 0.15) is 6.54 Å². The summed E-state index contributed by atoms with van der Waals surface area (Å²) in [7, 11) is 0. The molecule has 0 saturated carbocycles. The van der Waals surface area contributed by atoms with Crippen LogP contribution < -0.4 is 5.32 Å². The van der Waals surface area contributed by atoms with Crippen molar-refractivity contribution < 1.29 is 4.79 Å². The maximum absolute atomic E-state index is 12.6. The number of amides is 1. The van der Waals surface area contributed by atoms with Gasteiger partial charge in [0.25, 0.3) is 0 Å². The van der Waals surface area contributed by atoms with Gasteiger partial charge in [-0.1, -0.05) is 56.3 Å². The number of tetrazole rings is 1. The van der Waals surface area contributed by atoms with Crippen LogP contribution in [0.4, 0.5) is 5.69 Å². The van der Waals surface area contributed by atoms with Crippen molar-refractivity contribution in [1.29, 1.82) is 0 Å². The van der Waals surface area contributed by atoms with Crippen LogP contribution in [-0.4, -0.2) is 26.1 Å². The fourth-order valence-corrected chi connectivity index (χ4v) is 3.49. The van der Waals surface area contributed by atoms with Crippen LogP contribution in [0.15, 0.2) is 58.3 Å². The van der Waals surface area contributed by atoms with Gasteiger partial charge in [-0.25, -0.2) is 4.68 Å². The van der Waals surface area contributed by atoms with E-state index in [1.807, 2.05) is 69.3 Å². The molecule has 0 aliphatic rings. The number of anilines is 1. The summed E-state index contributed by atoms with van der Waals surface area (Å²) in [5.41, 5.74) is 0.499. The van der Waals surface area contributed by atoms with Gasteiger partial charge in [0.15, 0.2) is 5.82 Å². The molecular formula is C19H20ClN5OS. The Morgan fingerprint density at radius 2 is 1.85 bits per heavy atom. The third kappa shape index (κ3) is 5.08. The Kier molecular flexibility index (Phi) is 5.82. The van der Waals surface area contributed by atoms with Gasteiger partial charge in [0.05, 0.1) is 5.69 Å². The van der Waals surface area contributed by atoms with Crippen molar-refractivity contribution in [2.24, 2.45) is 0 Å². The van der Waals surface area contributed by atoms with Crippen LogP contribution in [0.1, 0.15) is 26.6 Å². The fraction of sp³-hybridized carbons (Fsp3) is 0.263. The van der Waals surface area contributed by atoms with E-state index in [1.54, 1.807) is 11.8 Å². The smallest absolute Gasteiger partial charge is 0.246 e. The molecule has 1 heterocycles. The molecule has 2 aromatic carbocycles. The zero-order valence-electron chi connectivity index (χ0n) is 15.3. The van der Waals surface area contributed by atoms with Gasteiger partial charge in [-0.3, -0.25) is 4.79 Å². The van der Waals surface area contributed by atoms with E-state index < -0.39 is 0 Å². The lowest BCUT2D eigenvalue weighted by molar-refractivity contribution is -0.117. The molecule has 0 bridgehead atoms. The summed E-state index contributed by atoms with van der Waals surface area (Å²) in [5.74, 6) is 0.485. The molecule has 0 unspecified atom stereocenters. The molecular weight excluding hydrogens is 382 g/mol. The Balaban J connectivity index is 1.73. The first-order valence-electron chi connectivity index (χ1n) is 8.42. The highest BCUT2D eigenvalue weighted by atomic mass is 35.5. The van der Waals surface area contributed by atoms with Gasteiger partial charge in [0, 0.05) is 20.2 Å². The Labute approximate surface area is 167 Å². The number of aromatic nitrogens is 4. The van der Waals surface area contributed by atoms with Gasteiger partial charge in [-0.15, -0.1) is 5.10 Å². The van der Waals surface area contributed by atoms with Crippen LogP contribution in [-0.2, 0) is 16.8 Å². The van der Waals surface area contributed by atoms with E-state index in [0.717, 1.165) is 15.5 Å². The van der Waals surface area contributed by atoms with Gasteiger partial charge in [-0.05, 0) is 46.8 Å². The summed E-state index contributed by atoms with van der Waals surface area (Å²) < 4.78 is 1.53. The van der Waals surface area contributed by atoms with E-state index >= 15 is 0 Å². The monoisotopic (exact) mass is 401 g/mol. The van der Waals surface area contributed by atoms with E-state index in [-0.39, 0.29) is 17.9 Å². The molecule has 8 heteroatoms. The molecule has 0 atom stereocenters. The van der Waals surface area contributed by atoms with E-state index in [9.17, 15) is 4.79 Å². The minimum Gasteiger partial charge on any atom is -0.323 e. The third-order valence-corrected chi connectivity index (χ3v) is 5.03. The first kappa shape index (κ1) is 19.4. The second-order valence-electron chi connectivity index (χ2n) is 7.01. The van der Waals surface area contributed by atoms with E-state index in [0.29, 0.717) is 10.8 Å². The van der Waals surface area contributed by atoms with E-state index in [1.165, 1.54) is 4.68 Å². The fourth-order valence-electron chi connectivity index (χ4n) is 2.46. The summed E-state index contributed by atoms with van der Waals surface area (Å²) in [4.78, 5) is 14.5. The van der Waals surface area contributed by atoms with Gasteiger partial charge in [-0.2, -0.15) is 0 Å². The molecule has 1 N–H and O–H groups in total. The second-order valence-corrected chi connectivity index (χ2v) is 8.56. The lowest BCUT2D eigenvalue weighted by Crippen LogP contribution is -2.26. The van der Waals surface area contributed by atoms with Crippen LogP contribution in [0.3, 0.4) is 0 Å². The van der Waals surface area contributed by atoms with Crippen molar-refractivity contribution in [1.82, 2.24) is 20.2 Å². The summed E-state index contributed by atoms with van der Waals surface area (Å²) in [6, 6.07) is 15.2. The summed E-state index contributed by atoms with van der Waals surface area (Å²) in [6.45, 7) is 6.07. The van der Waals surface area contributed by atoms with Crippen molar-refractivity contribution in [2.75, 3.05) is 5.32 Å². The number of hydrogen-bond donors (Lipinski definition) is 1. The quantitative estimate of drug-likeness (QED) is 0.685. The molecule has 0 spiro atoms. The number of nitrogens with one attached hydrogen (secondary N) is 1. The van der Waals surface area contributed by atoms with Crippen molar-refractivity contribution in [3.63, 3.8) is 0 Å². The number of halogens is 1. The maximum Gasteiger partial charge on any atom is 0.246 e. The van der Waals surface area contributed by atoms with Gasteiger partial charge < -0.3 is 5.32 Å². The number of nitrogens with zero attached hydrogens (tertiary/aromatic N) is 4. The van der Waals surface area contributed by atoms with Crippen LogP contribution >= 0.6 is 23.4 Å². The van der Waals surface area contributed by atoms with Crippen molar-refractivity contribution in [2.45, 2.75) is 42.5 Å². The zero-order valence-corrected chi connectivity index (χ0v) is 16.9. The molecule has 3 aromatic rings. The summed E-state index contributed by atoms with van der Waals surface area (Å²) in [5, 5.41) is 15.3. The average Bonchev–Trinajstić information content (AvgIpc) is 3.07. The number of carbonyl (C=O) groups is 1. The van der Waals surface area contributed by atoms with Crippen LogP contribution in [0.2, 0.25) is 5.02 Å². The predicted molar refractivity (Wildman–Crippen MR) is 107 cm³/mol. The first-order valence-corrected chi connectivity index (χ1v) is 9.61. The number of carbonyl (C=O) groups excluding carboxylic acids is 1. The van der Waals surface area contributed by atoms with E-state index in [4.69, 9.17) is 11.6 Å². The largest absolute Gasteiger partial charge is 0.323 e. The normalized spacial score (nSPS) is 11.4. The predicted octanol–water partition coefficient (Wildman–Crippen LogP) is 4.41. The first-order chi connectivity index (χ1) is 12.8. The molecule has 140 valence electrons. The highest BCUT2D eigenvalue weighted by Gasteiger charge is 2.23. The second kappa shape index (κ2) is 8.10. The van der Waals surface area contributed by atoms with Crippen LogP contribution in [0.25, 0.3) is 0 Å². The topological polar surface area (TPSA) is 72.7 Å². The van der Waals surface area contributed by atoms with E-state index in [2.05, 4.69) is 20.8 Å². The highest BCUT2D eigenvalue weighted by Crippen LogP contribution is 2.33. The molecule has 6 nitrogen and oxygen atoms in total. The minimum atomic E-state index is -0.244. The van der Waals surface area contributed by atoms with Gasteiger partial charge in [0.2, 0.25) is 5.91 Å². The van der Waals surface area contributed by atoms with Crippen molar-refractivity contribution in [3.8, 4) is 0 Å². The summed E-state index contributed by atoms with van der Waals surface area (Å²) in [6.07, 6.45) is 0. The standard InChI is InChI=1S/C19H20ClN5OS/c1-19(2,3)18-22-23-24-25(18)12-17(26)21-15-6-4-5-7-16(15)27-14-10-8-13(20)9-11-14/h4-11H,12H2,1-3H3,(H,21,26). The molecule has 0 saturated heterocycles. The zero-order chi connectivity index (χ0) is 19.4. The Bertz CT molecular complexity index is 934. The number of para-hydroxylation sites is 1. The van der Waals surface area contributed by atoms with Crippen molar-refractivity contribution >= 4 is 35.0 Å². The minimum absolute atomic E-state index is 0.0551. The third-order valence-electron chi connectivity index (χ3n) is 3.70. The Morgan fingerprint density at radius 1 is 1.15 bits per heavy atom. The maximum atomic E-state index is 12.6. The van der Waals surface area contributed by atoms with Crippen LogP contribution in [0, 0.1) is 0 Å². The highest BCUT2D eigenvalue weighted by molar-refractivity contribution is 7.99. The molecule has 0 fully saturated rings. The van der Waals surface area contributed by atoms with Gasteiger partial charge >= 0.3 is 0 Å². The lowest BCUT2D eigenvalue weighted by Gasteiger charge is -2.17. The number of benzene rings is 2. The Morgan fingerprint density at radius 3 is 2.56 bits per heavy atom. The SMILES string of the molecule is CC(C)(C)c1nnnn1CC(=O)Nc1ccccc1Sc1ccc(Cl)cc1. The number of hydrogen-bond acceptors (Lipinski definition) is 5. The van der Waals surface area contributed by atoms with Crippen LogP contribution in [0.5, 0.6) is 0 Å². The summed E-state index contributed by atoms with van der Waals surface area (Å²) >= 11 is 7.50. The molecule has 0 radical (unpaired) electrons. The average molecular weight is 402 g/mol. The number of rotatable bonds is 5. The Hall–Kier alpha value is -2.38. The molecule has 0 aliphatic heterocycles. The lowest BCUT2D eigenvalue weighted by atomic mass is 9.96. The molecule has 3 rings (SSSR count).